The van der Waals surface area contributed by atoms with Crippen LogP contribution in [0.1, 0.15) is 34.6 Å². The first-order chi connectivity index (χ1) is 10.6. The second-order valence-electron chi connectivity index (χ2n) is 6.54. The Balaban J connectivity index is 2.68. The van der Waals surface area contributed by atoms with Gasteiger partial charge in [0.15, 0.2) is 0 Å². The number of carbonyl (C=O) groups is 3. The predicted octanol–water partition coefficient (Wildman–Crippen LogP) is 1.28. The van der Waals surface area contributed by atoms with Crippen molar-refractivity contribution in [3.05, 3.63) is 0 Å². The molecule has 0 unspecified atom stereocenters. The molecule has 7 nitrogen and oxygen atoms in total. The Labute approximate surface area is 142 Å². The number of ether oxygens (including phenoxy) is 1. The smallest absolute Gasteiger partial charge is 0.408 e. The van der Waals surface area contributed by atoms with Gasteiger partial charge in [-0.1, -0.05) is 0 Å². The molecule has 132 valence electrons. The van der Waals surface area contributed by atoms with E-state index in [1.807, 2.05) is 6.92 Å². The Hall–Kier alpha value is -1.44. The first-order valence-corrected chi connectivity index (χ1v) is 8.85. The topological polar surface area (TPSA) is 79.0 Å². The van der Waals surface area contributed by atoms with E-state index in [0.29, 0.717) is 18.2 Å². The van der Waals surface area contributed by atoms with Crippen LogP contribution < -0.4 is 5.32 Å². The summed E-state index contributed by atoms with van der Waals surface area (Å²) in [5.74, 6) is 0.681. The highest BCUT2D eigenvalue weighted by Crippen LogP contribution is 2.23. The van der Waals surface area contributed by atoms with Crippen molar-refractivity contribution in [3.63, 3.8) is 0 Å². The number of carbonyl (C=O) groups excluding carboxylic acids is 3. The number of likely N-dealkylation sites (N-methyl/N-ethyl adjacent to an activating group) is 1. The molecule has 1 rings (SSSR count). The van der Waals surface area contributed by atoms with Crippen LogP contribution in [0.25, 0.3) is 0 Å². The second kappa shape index (κ2) is 7.90. The lowest BCUT2D eigenvalue weighted by molar-refractivity contribution is -0.143. The van der Waals surface area contributed by atoms with Crippen LogP contribution >= 0.6 is 11.8 Å². The van der Waals surface area contributed by atoms with Gasteiger partial charge in [0.2, 0.25) is 11.8 Å². The number of hydrogen-bond acceptors (Lipinski definition) is 5. The molecule has 1 aliphatic rings. The Bertz CT molecular complexity index is 464. The van der Waals surface area contributed by atoms with Crippen molar-refractivity contribution in [3.8, 4) is 0 Å². The number of rotatable bonds is 4. The molecule has 1 saturated heterocycles. The average Bonchev–Trinajstić information content (AvgIpc) is 2.91. The summed E-state index contributed by atoms with van der Waals surface area (Å²) >= 11 is 1.53. The zero-order valence-corrected chi connectivity index (χ0v) is 15.5. The van der Waals surface area contributed by atoms with Gasteiger partial charge in [-0.25, -0.2) is 4.79 Å². The molecule has 1 aliphatic heterocycles. The van der Waals surface area contributed by atoms with Gasteiger partial charge in [-0.3, -0.25) is 9.59 Å². The Morgan fingerprint density at radius 3 is 2.52 bits per heavy atom. The van der Waals surface area contributed by atoms with Crippen molar-refractivity contribution in [1.29, 1.82) is 0 Å². The van der Waals surface area contributed by atoms with E-state index in [2.05, 4.69) is 5.32 Å². The van der Waals surface area contributed by atoms with Gasteiger partial charge in [-0.05, 0) is 34.6 Å². The predicted molar refractivity (Wildman–Crippen MR) is 90.1 cm³/mol. The number of amides is 3. The van der Waals surface area contributed by atoms with E-state index in [0.717, 1.165) is 0 Å². The Kier molecular flexibility index (Phi) is 6.73. The molecule has 1 heterocycles. The zero-order valence-electron chi connectivity index (χ0n) is 14.7. The molecule has 1 N–H and O–H groups in total. The minimum absolute atomic E-state index is 0.0738. The molecule has 0 spiro atoms. The van der Waals surface area contributed by atoms with Crippen molar-refractivity contribution < 1.29 is 19.1 Å². The molecule has 8 heteroatoms. The van der Waals surface area contributed by atoms with Gasteiger partial charge in [0.25, 0.3) is 0 Å². The molecule has 1 fully saturated rings. The first kappa shape index (κ1) is 19.6. The summed E-state index contributed by atoms with van der Waals surface area (Å²) < 4.78 is 5.15. The maximum Gasteiger partial charge on any atom is 0.408 e. The third-order valence-electron chi connectivity index (χ3n) is 3.40. The van der Waals surface area contributed by atoms with E-state index >= 15 is 0 Å². The lowest BCUT2D eigenvalue weighted by Crippen LogP contribution is -2.53. The second-order valence-corrected chi connectivity index (χ2v) is 7.54. The van der Waals surface area contributed by atoms with Gasteiger partial charge in [0, 0.05) is 19.3 Å². The molecular weight excluding hydrogens is 318 g/mol. The first-order valence-electron chi connectivity index (χ1n) is 7.69. The monoisotopic (exact) mass is 345 g/mol. The summed E-state index contributed by atoms with van der Waals surface area (Å²) in [4.78, 5) is 39.8. The zero-order chi connectivity index (χ0) is 17.8. The summed E-state index contributed by atoms with van der Waals surface area (Å²) in [7, 11) is 1.72. The number of nitrogens with one attached hydrogen (secondary N) is 1. The minimum atomic E-state index is -0.745. The molecule has 0 aliphatic carbocycles. The summed E-state index contributed by atoms with van der Waals surface area (Å²) in [6.07, 6.45) is -0.640. The molecule has 0 saturated carbocycles. The van der Waals surface area contributed by atoms with Crippen LogP contribution in [0.3, 0.4) is 0 Å². The molecule has 0 bridgehead atoms. The van der Waals surface area contributed by atoms with Crippen LogP contribution in [-0.4, -0.2) is 70.6 Å². The molecule has 0 aromatic heterocycles. The summed E-state index contributed by atoms with van der Waals surface area (Å²) in [6, 6.07) is -1.22. The Morgan fingerprint density at radius 1 is 1.39 bits per heavy atom. The number of alkyl carbamates (subject to hydrolysis) is 1. The van der Waals surface area contributed by atoms with Gasteiger partial charge in [-0.2, -0.15) is 0 Å². The lowest BCUT2D eigenvalue weighted by Gasteiger charge is -2.29. The summed E-state index contributed by atoms with van der Waals surface area (Å²) in [5, 5.41) is 2.53. The fourth-order valence-corrected chi connectivity index (χ4v) is 3.22. The van der Waals surface area contributed by atoms with Crippen LogP contribution in [-0.2, 0) is 14.3 Å². The molecule has 0 aromatic rings. The highest BCUT2D eigenvalue weighted by atomic mass is 32.2. The molecular formula is C15H27N3O4S. The average molecular weight is 345 g/mol. The molecule has 0 radical (unpaired) electrons. The highest BCUT2D eigenvalue weighted by Gasteiger charge is 2.38. The van der Waals surface area contributed by atoms with Crippen molar-refractivity contribution in [2.24, 2.45) is 0 Å². The fraction of sp³-hybridized carbons (Fsp3) is 0.800. The van der Waals surface area contributed by atoms with Gasteiger partial charge in [0.05, 0.1) is 5.88 Å². The normalized spacial score (nSPS) is 19.2. The van der Waals surface area contributed by atoms with Crippen LogP contribution in [0, 0.1) is 0 Å². The van der Waals surface area contributed by atoms with E-state index < -0.39 is 23.8 Å². The van der Waals surface area contributed by atoms with Crippen LogP contribution in [0.4, 0.5) is 4.79 Å². The van der Waals surface area contributed by atoms with Gasteiger partial charge < -0.3 is 19.9 Å². The fourth-order valence-electron chi connectivity index (χ4n) is 2.07. The standard InChI is InChI=1S/C15H27N3O4S/c1-7-17(6)13(20)11-8-23-9-18(11)12(19)10(2)16-14(21)22-15(3,4)5/h10-11H,7-9H2,1-6H3,(H,16,21)/t10-,11+/m1/s1. The van der Waals surface area contributed by atoms with Crippen molar-refractivity contribution in [2.75, 3.05) is 25.2 Å². The van der Waals surface area contributed by atoms with Crippen LogP contribution in [0.5, 0.6) is 0 Å². The maximum absolute atomic E-state index is 12.5. The van der Waals surface area contributed by atoms with Crippen molar-refractivity contribution in [2.45, 2.75) is 52.3 Å². The molecule has 3 amide bonds. The van der Waals surface area contributed by atoms with E-state index in [1.54, 1.807) is 39.6 Å². The maximum atomic E-state index is 12.5. The summed E-state index contributed by atoms with van der Waals surface area (Å²) in [5.41, 5.74) is -0.626. The minimum Gasteiger partial charge on any atom is -0.444 e. The third kappa shape index (κ3) is 5.60. The van der Waals surface area contributed by atoms with E-state index in [9.17, 15) is 14.4 Å². The Morgan fingerprint density at radius 2 is 2.00 bits per heavy atom. The van der Waals surface area contributed by atoms with Crippen LogP contribution in [0.15, 0.2) is 0 Å². The number of nitrogens with zero attached hydrogens (tertiary/aromatic N) is 2. The van der Waals surface area contributed by atoms with Gasteiger partial charge >= 0.3 is 6.09 Å². The molecule has 0 aromatic carbocycles. The van der Waals surface area contributed by atoms with Crippen molar-refractivity contribution in [1.82, 2.24) is 15.1 Å². The van der Waals surface area contributed by atoms with Gasteiger partial charge in [0.1, 0.15) is 17.7 Å². The SMILES string of the molecule is CCN(C)C(=O)[C@@H]1CSCN1C(=O)[C@@H](C)NC(=O)OC(C)(C)C. The number of hydrogen-bond donors (Lipinski definition) is 1. The lowest BCUT2D eigenvalue weighted by atomic mass is 10.2. The molecule has 2 atom stereocenters. The largest absolute Gasteiger partial charge is 0.444 e. The van der Waals surface area contributed by atoms with E-state index in [-0.39, 0.29) is 11.8 Å². The quantitative estimate of drug-likeness (QED) is 0.830. The van der Waals surface area contributed by atoms with E-state index in [1.165, 1.54) is 16.7 Å². The van der Waals surface area contributed by atoms with Gasteiger partial charge in [-0.15, -0.1) is 11.8 Å². The third-order valence-corrected chi connectivity index (χ3v) is 4.42. The number of thioether (sulfide) groups is 1. The van der Waals surface area contributed by atoms with Crippen molar-refractivity contribution >= 4 is 29.7 Å². The summed E-state index contributed by atoms with van der Waals surface area (Å²) in [6.45, 7) is 9.34. The highest BCUT2D eigenvalue weighted by molar-refractivity contribution is 7.99. The van der Waals surface area contributed by atoms with Crippen LogP contribution in [0.2, 0.25) is 0 Å². The molecule has 23 heavy (non-hydrogen) atoms. The van der Waals surface area contributed by atoms with E-state index in [4.69, 9.17) is 4.74 Å².